The van der Waals surface area contributed by atoms with Crippen molar-refractivity contribution in [3.63, 3.8) is 0 Å². The Morgan fingerprint density at radius 3 is 2.84 bits per heavy atom. The third kappa shape index (κ3) is 7.09. The number of rotatable bonds is 11. The van der Waals surface area contributed by atoms with Crippen molar-refractivity contribution in [1.29, 1.82) is 0 Å². The van der Waals surface area contributed by atoms with E-state index in [9.17, 15) is 4.79 Å². The number of carbonyl (C=O) groups is 1. The normalized spacial score (nSPS) is 20.4. The zero-order chi connectivity index (χ0) is 17.8. The molecule has 1 aliphatic heterocycles. The summed E-state index contributed by atoms with van der Waals surface area (Å²) >= 11 is 0. The van der Waals surface area contributed by atoms with E-state index in [1.165, 1.54) is 12.0 Å². The smallest absolute Gasteiger partial charge is 0.157 e. The third-order valence-corrected chi connectivity index (χ3v) is 4.82. The first-order valence-electron chi connectivity index (χ1n) is 9.45. The number of hydrogen-bond acceptors (Lipinski definition) is 4. The van der Waals surface area contributed by atoms with E-state index < -0.39 is 0 Å². The quantitative estimate of drug-likeness (QED) is 0.341. The van der Waals surface area contributed by atoms with E-state index in [0.29, 0.717) is 6.61 Å². The molecule has 0 bridgehead atoms. The highest BCUT2D eigenvalue weighted by molar-refractivity contribution is 5.61. The lowest BCUT2D eigenvalue weighted by molar-refractivity contribution is -0.171. The molecule has 2 unspecified atom stereocenters. The number of carbonyl (C=O) groups excluding carboxylic acids is 1. The summed E-state index contributed by atoms with van der Waals surface area (Å²) in [6, 6.07) is 10.6. The average Bonchev–Trinajstić information content (AvgIpc) is 2.67. The topological polar surface area (TPSA) is 47.9 Å². The molecule has 1 aromatic rings. The second kappa shape index (κ2) is 11.2. The molecule has 0 N–H and O–H groups in total. The van der Waals surface area contributed by atoms with Gasteiger partial charge in [0, 0.05) is 12.0 Å². The third-order valence-electron chi connectivity index (χ3n) is 4.82. The highest BCUT2D eigenvalue weighted by Crippen LogP contribution is 2.31. The Labute approximate surface area is 151 Å². The summed E-state index contributed by atoms with van der Waals surface area (Å²) in [5.41, 5.74) is 1.31. The highest BCUT2D eigenvalue weighted by Gasteiger charge is 2.28. The number of aliphatic imine (C=N–C) groups is 1. The lowest BCUT2D eigenvalue weighted by Crippen LogP contribution is -2.33. The molecular formula is C21H31NO3. The van der Waals surface area contributed by atoms with Crippen molar-refractivity contribution >= 4 is 12.5 Å². The van der Waals surface area contributed by atoms with Gasteiger partial charge in [-0.3, -0.25) is 4.99 Å². The molecule has 4 heteroatoms. The minimum absolute atomic E-state index is 0.0119. The predicted molar refractivity (Wildman–Crippen MR) is 101 cm³/mol. The molecule has 1 heterocycles. The fraction of sp³-hybridized carbons (Fsp3) is 0.619. The molecule has 2 rings (SSSR count). The molecule has 0 aliphatic carbocycles. The van der Waals surface area contributed by atoms with Crippen LogP contribution in [0.2, 0.25) is 0 Å². The van der Waals surface area contributed by atoms with Gasteiger partial charge in [-0.1, -0.05) is 43.7 Å². The van der Waals surface area contributed by atoms with E-state index in [1.54, 1.807) is 0 Å². The molecular weight excluding hydrogens is 314 g/mol. The van der Waals surface area contributed by atoms with Crippen LogP contribution in [0.5, 0.6) is 0 Å². The molecule has 0 saturated carbocycles. The van der Waals surface area contributed by atoms with Gasteiger partial charge in [-0.05, 0) is 50.3 Å². The van der Waals surface area contributed by atoms with Gasteiger partial charge < -0.3 is 14.3 Å². The Balaban J connectivity index is 1.86. The first-order chi connectivity index (χ1) is 12.2. The fourth-order valence-corrected chi connectivity index (χ4v) is 3.22. The van der Waals surface area contributed by atoms with Crippen molar-refractivity contribution in [1.82, 2.24) is 0 Å². The van der Waals surface area contributed by atoms with Gasteiger partial charge >= 0.3 is 0 Å². The number of ether oxygens (including phenoxy) is 2. The van der Waals surface area contributed by atoms with Crippen molar-refractivity contribution in [3.05, 3.63) is 35.9 Å². The number of hydrogen-bond donors (Lipinski definition) is 0. The van der Waals surface area contributed by atoms with Gasteiger partial charge in [0.25, 0.3) is 0 Å². The summed E-state index contributed by atoms with van der Waals surface area (Å²) in [4.78, 5) is 14.3. The van der Waals surface area contributed by atoms with Crippen molar-refractivity contribution in [2.24, 2.45) is 4.99 Å². The summed E-state index contributed by atoms with van der Waals surface area (Å²) < 4.78 is 11.8. The molecule has 4 nitrogen and oxygen atoms in total. The molecule has 2 atom stereocenters. The van der Waals surface area contributed by atoms with Crippen molar-refractivity contribution in [2.45, 2.75) is 63.6 Å². The molecule has 1 aromatic carbocycles. The fourth-order valence-electron chi connectivity index (χ4n) is 3.22. The van der Waals surface area contributed by atoms with Gasteiger partial charge in [-0.15, -0.1) is 0 Å². The van der Waals surface area contributed by atoms with Crippen LogP contribution in [0.3, 0.4) is 0 Å². The van der Waals surface area contributed by atoms with Crippen LogP contribution in [0.15, 0.2) is 35.3 Å². The van der Waals surface area contributed by atoms with Gasteiger partial charge in [-0.25, -0.2) is 0 Å². The second-order valence-electron chi connectivity index (χ2n) is 6.99. The maximum atomic E-state index is 10.2. The molecule has 138 valence electrons. The maximum Gasteiger partial charge on any atom is 0.157 e. The van der Waals surface area contributed by atoms with E-state index in [0.717, 1.165) is 51.4 Å². The van der Waals surface area contributed by atoms with Crippen LogP contribution in [0, 0.1) is 0 Å². The zero-order valence-corrected chi connectivity index (χ0v) is 15.4. The van der Waals surface area contributed by atoms with E-state index in [1.807, 2.05) is 6.21 Å². The first-order valence-corrected chi connectivity index (χ1v) is 9.45. The largest absolute Gasteiger partial charge is 0.353 e. The maximum absolute atomic E-state index is 10.2. The molecule has 25 heavy (non-hydrogen) atoms. The minimum Gasteiger partial charge on any atom is -0.353 e. The van der Waals surface area contributed by atoms with E-state index in [2.05, 4.69) is 42.2 Å². The number of unbranched alkanes of at least 4 members (excludes halogenated alkanes) is 2. The van der Waals surface area contributed by atoms with Crippen LogP contribution in [0.1, 0.15) is 57.4 Å². The average molecular weight is 345 g/mol. The predicted octanol–water partition coefficient (Wildman–Crippen LogP) is 4.32. The minimum atomic E-state index is -0.0488. The van der Waals surface area contributed by atoms with Crippen LogP contribution >= 0.6 is 0 Å². The van der Waals surface area contributed by atoms with Crippen molar-refractivity contribution < 1.29 is 14.3 Å². The number of aldehydes is 1. The lowest BCUT2D eigenvalue weighted by Gasteiger charge is -2.33. The SMILES string of the molecule is CC(CCCCC=NCC=O)(COC1CCCCO1)c1ccccc1. The molecule has 0 spiro atoms. The summed E-state index contributed by atoms with van der Waals surface area (Å²) in [5.74, 6) is 0. The molecule has 0 amide bonds. The Bertz CT molecular complexity index is 511. The first kappa shape index (κ1) is 19.8. The lowest BCUT2D eigenvalue weighted by atomic mass is 9.78. The summed E-state index contributed by atoms with van der Waals surface area (Å²) in [7, 11) is 0. The van der Waals surface area contributed by atoms with E-state index >= 15 is 0 Å². The summed E-state index contributed by atoms with van der Waals surface area (Å²) in [6.07, 6.45) is 10.1. The monoisotopic (exact) mass is 345 g/mol. The van der Waals surface area contributed by atoms with Crippen LogP contribution < -0.4 is 0 Å². The number of nitrogens with zero attached hydrogens (tertiary/aromatic N) is 1. The van der Waals surface area contributed by atoms with Gasteiger partial charge in [0.1, 0.15) is 6.29 Å². The Hall–Kier alpha value is -1.52. The number of benzene rings is 1. The molecule has 1 fully saturated rings. The second-order valence-corrected chi connectivity index (χ2v) is 6.99. The van der Waals surface area contributed by atoms with Gasteiger partial charge in [0.05, 0.1) is 13.2 Å². The van der Waals surface area contributed by atoms with E-state index in [4.69, 9.17) is 9.47 Å². The highest BCUT2D eigenvalue weighted by atomic mass is 16.7. The van der Waals surface area contributed by atoms with Gasteiger partial charge in [0.15, 0.2) is 6.29 Å². The van der Waals surface area contributed by atoms with Crippen molar-refractivity contribution in [2.75, 3.05) is 19.8 Å². The Kier molecular flexibility index (Phi) is 8.84. The standard InChI is InChI=1S/C21H31NO3/c1-21(19-10-4-2-5-11-19,13-7-3-8-14-22-15-16-23)18-25-20-12-6-9-17-24-20/h2,4-5,10-11,14,16,20H,3,6-9,12-13,15,17-18H2,1H3. The van der Waals surface area contributed by atoms with E-state index in [-0.39, 0.29) is 18.2 Å². The summed E-state index contributed by atoms with van der Waals surface area (Å²) in [6.45, 7) is 4.05. The van der Waals surface area contributed by atoms with Crippen LogP contribution in [0.25, 0.3) is 0 Å². The Morgan fingerprint density at radius 1 is 1.28 bits per heavy atom. The molecule has 1 aliphatic rings. The van der Waals surface area contributed by atoms with Crippen molar-refractivity contribution in [3.8, 4) is 0 Å². The molecule has 0 aromatic heterocycles. The van der Waals surface area contributed by atoms with Gasteiger partial charge in [-0.2, -0.15) is 0 Å². The summed E-state index contributed by atoms with van der Waals surface area (Å²) in [5, 5.41) is 0. The zero-order valence-electron chi connectivity index (χ0n) is 15.4. The van der Waals surface area contributed by atoms with Crippen LogP contribution in [-0.4, -0.2) is 38.5 Å². The van der Waals surface area contributed by atoms with Crippen LogP contribution in [0.4, 0.5) is 0 Å². The van der Waals surface area contributed by atoms with Crippen LogP contribution in [-0.2, 0) is 19.7 Å². The van der Waals surface area contributed by atoms with Gasteiger partial charge in [0.2, 0.25) is 0 Å². The molecule has 0 radical (unpaired) electrons. The molecule has 1 saturated heterocycles. The Morgan fingerprint density at radius 2 is 2.12 bits per heavy atom.